The zero-order valence-electron chi connectivity index (χ0n) is 11.3. The summed E-state index contributed by atoms with van der Waals surface area (Å²) in [5, 5.41) is 4.17. The van der Waals surface area contributed by atoms with Gasteiger partial charge < -0.3 is 5.32 Å². The Morgan fingerprint density at radius 2 is 1.84 bits per heavy atom. The summed E-state index contributed by atoms with van der Waals surface area (Å²) in [6, 6.07) is 12.7. The summed E-state index contributed by atoms with van der Waals surface area (Å²) in [7, 11) is 1.97. The number of rotatable bonds is 3. The summed E-state index contributed by atoms with van der Waals surface area (Å²) >= 11 is 9.91. The van der Waals surface area contributed by atoms with Gasteiger partial charge in [0.05, 0.1) is 6.04 Å². The van der Waals surface area contributed by atoms with Gasteiger partial charge in [0.2, 0.25) is 0 Å². The van der Waals surface area contributed by atoms with Crippen molar-refractivity contribution in [1.82, 2.24) is 5.32 Å². The highest BCUT2D eigenvalue weighted by Crippen LogP contribution is 2.32. The number of halogens is 2. The first-order chi connectivity index (χ1) is 9.04. The van der Waals surface area contributed by atoms with Crippen LogP contribution in [0.1, 0.15) is 28.3 Å². The third kappa shape index (κ3) is 3.02. The molecular weight excluding hydrogens is 322 g/mol. The van der Waals surface area contributed by atoms with Gasteiger partial charge in [-0.25, -0.2) is 0 Å². The van der Waals surface area contributed by atoms with Gasteiger partial charge in [-0.3, -0.25) is 0 Å². The van der Waals surface area contributed by atoms with E-state index in [9.17, 15) is 0 Å². The van der Waals surface area contributed by atoms with Crippen LogP contribution >= 0.6 is 27.5 Å². The lowest BCUT2D eigenvalue weighted by Gasteiger charge is -2.20. The SMILES string of the molecule is CNC(c1ccc(C)c(Cl)c1)c1cccc(C)c1Br. The van der Waals surface area contributed by atoms with E-state index in [1.165, 1.54) is 16.7 Å². The average molecular weight is 339 g/mol. The van der Waals surface area contributed by atoms with Gasteiger partial charge in [0.1, 0.15) is 0 Å². The Labute approximate surface area is 128 Å². The van der Waals surface area contributed by atoms with Crippen molar-refractivity contribution in [3.05, 3.63) is 68.1 Å². The molecule has 0 radical (unpaired) electrons. The monoisotopic (exact) mass is 337 g/mol. The summed E-state index contributed by atoms with van der Waals surface area (Å²) in [6.07, 6.45) is 0. The number of nitrogens with one attached hydrogen (secondary N) is 1. The van der Waals surface area contributed by atoms with E-state index in [1.807, 2.05) is 20.0 Å². The van der Waals surface area contributed by atoms with Gasteiger partial charge in [-0.05, 0) is 49.2 Å². The van der Waals surface area contributed by atoms with Gasteiger partial charge in [-0.2, -0.15) is 0 Å². The zero-order valence-corrected chi connectivity index (χ0v) is 13.6. The molecule has 1 atom stereocenters. The molecule has 100 valence electrons. The van der Waals surface area contributed by atoms with Gasteiger partial charge in [-0.15, -0.1) is 0 Å². The number of aryl methyl sites for hydroxylation is 2. The van der Waals surface area contributed by atoms with E-state index in [2.05, 4.69) is 58.5 Å². The van der Waals surface area contributed by atoms with Crippen LogP contribution < -0.4 is 5.32 Å². The summed E-state index contributed by atoms with van der Waals surface area (Å²) in [5.74, 6) is 0. The van der Waals surface area contributed by atoms with Crippen LogP contribution in [0, 0.1) is 13.8 Å². The van der Waals surface area contributed by atoms with Gasteiger partial charge in [-0.1, -0.05) is 57.9 Å². The first-order valence-corrected chi connectivity index (χ1v) is 7.40. The normalized spacial score (nSPS) is 12.5. The lowest BCUT2D eigenvalue weighted by atomic mass is 9.97. The van der Waals surface area contributed by atoms with E-state index in [1.54, 1.807) is 0 Å². The van der Waals surface area contributed by atoms with Crippen molar-refractivity contribution in [2.45, 2.75) is 19.9 Å². The molecule has 1 nitrogen and oxygen atoms in total. The Morgan fingerprint density at radius 1 is 1.11 bits per heavy atom. The molecule has 0 fully saturated rings. The molecule has 2 rings (SSSR count). The highest BCUT2D eigenvalue weighted by atomic mass is 79.9. The quantitative estimate of drug-likeness (QED) is 0.828. The molecule has 2 aromatic rings. The van der Waals surface area contributed by atoms with Gasteiger partial charge in [0.15, 0.2) is 0 Å². The topological polar surface area (TPSA) is 12.0 Å². The fourth-order valence-electron chi connectivity index (χ4n) is 2.18. The molecule has 1 N–H and O–H groups in total. The lowest BCUT2D eigenvalue weighted by molar-refractivity contribution is 0.688. The maximum atomic E-state index is 6.23. The van der Waals surface area contributed by atoms with E-state index >= 15 is 0 Å². The summed E-state index contributed by atoms with van der Waals surface area (Å²) in [4.78, 5) is 0. The van der Waals surface area contributed by atoms with Crippen LogP contribution in [0.4, 0.5) is 0 Å². The Bertz CT molecular complexity index is 595. The third-order valence-electron chi connectivity index (χ3n) is 3.35. The van der Waals surface area contributed by atoms with E-state index in [4.69, 9.17) is 11.6 Å². The molecule has 3 heteroatoms. The number of hydrogen-bond acceptors (Lipinski definition) is 1. The Hall–Kier alpha value is -0.830. The molecule has 0 spiro atoms. The smallest absolute Gasteiger partial charge is 0.0586 e. The second-order valence-corrected chi connectivity index (χ2v) is 5.91. The van der Waals surface area contributed by atoms with Gasteiger partial charge in [0.25, 0.3) is 0 Å². The predicted octanol–water partition coefficient (Wildman–Crippen LogP) is 5.03. The summed E-state index contributed by atoms with van der Waals surface area (Å²) in [6.45, 7) is 4.12. The van der Waals surface area contributed by atoms with Crippen LogP contribution in [0.5, 0.6) is 0 Å². The fraction of sp³-hybridized carbons (Fsp3) is 0.250. The molecule has 0 aliphatic heterocycles. The predicted molar refractivity (Wildman–Crippen MR) is 86.0 cm³/mol. The molecule has 0 amide bonds. The lowest BCUT2D eigenvalue weighted by Crippen LogP contribution is -2.18. The van der Waals surface area contributed by atoms with E-state index in [0.717, 1.165) is 15.1 Å². The van der Waals surface area contributed by atoms with Gasteiger partial charge >= 0.3 is 0 Å². The summed E-state index contributed by atoms with van der Waals surface area (Å²) in [5.41, 5.74) is 4.73. The standard InChI is InChI=1S/C16H17BrClN/c1-10-7-8-12(9-14(10)18)16(19-3)13-6-4-5-11(2)15(13)17/h4-9,16,19H,1-3H3. The van der Waals surface area contributed by atoms with E-state index in [-0.39, 0.29) is 6.04 Å². The first kappa shape index (κ1) is 14.6. The Balaban J connectivity index is 2.50. The highest BCUT2D eigenvalue weighted by Gasteiger charge is 2.16. The second kappa shape index (κ2) is 6.08. The molecule has 0 aliphatic rings. The minimum atomic E-state index is 0.132. The molecule has 0 aliphatic carbocycles. The number of hydrogen-bond donors (Lipinski definition) is 1. The molecular formula is C16H17BrClN. The maximum Gasteiger partial charge on any atom is 0.0586 e. The van der Waals surface area contributed by atoms with Crippen LogP contribution in [0.15, 0.2) is 40.9 Å². The Kier molecular flexibility index (Phi) is 4.67. The Morgan fingerprint density at radius 3 is 2.47 bits per heavy atom. The minimum Gasteiger partial charge on any atom is -0.309 e. The van der Waals surface area contributed by atoms with Crippen molar-refractivity contribution in [2.75, 3.05) is 7.05 Å². The van der Waals surface area contributed by atoms with Gasteiger partial charge in [0, 0.05) is 9.50 Å². The zero-order chi connectivity index (χ0) is 14.0. The van der Waals surface area contributed by atoms with E-state index in [0.29, 0.717) is 0 Å². The second-order valence-electron chi connectivity index (χ2n) is 4.71. The molecule has 19 heavy (non-hydrogen) atoms. The first-order valence-electron chi connectivity index (χ1n) is 6.23. The maximum absolute atomic E-state index is 6.23. The van der Waals surface area contributed by atoms with Crippen molar-refractivity contribution in [2.24, 2.45) is 0 Å². The molecule has 0 saturated carbocycles. The molecule has 2 aromatic carbocycles. The highest BCUT2D eigenvalue weighted by molar-refractivity contribution is 9.10. The van der Waals surface area contributed by atoms with Crippen LogP contribution in [-0.4, -0.2) is 7.05 Å². The molecule has 0 aromatic heterocycles. The minimum absolute atomic E-state index is 0.132. The van der Waals surface area contributed by atoms with Crippen molar-refractivity contribution in [3.8, 4) is 0 Å². The van der Waals surface area contributed by atoms with Crippen molar-refractivity contribution in [3.63, 3.8) is 0 Å². The van der Waals surface area contributed by atoms with Crippen molar-refractivity contribution in [1.29, 1.82) is 0 Å². The fourth-order valence-corrected chi connectivity index (χ4v) is 2.87. The van der Waals surface area contributed by atoms with Crippen LogP contribution in [0.3, 0.4) is 0 Å². The molecule has 0 heterocycles. The molecule has 0 saturated heterocycles. The summed E-state index contributed by atoms with van der Waals surface area (Å²) < 4.78 is 1.14. The van der Waals surface area contributed by atoms with Crippen molar-refractivity contribution >= 4 is 27.5 Å². The van der Waals surface area contributed by atoms with Crippen molar-refractivity contribution < 1.29 is 0 Å². The largest absolute Gasteiger partial charge is 0.309 e. The third-order valence-corrected chi connectivity index (χ3v) is 4.84. The molecule has 0 bridgehead atoms. The number of benzene rings is 2. The van der Waals surface area contributed by atoms with Crippen LogP contribution in [0.25, 0.3) is 0 Å². The van der Waals surface area contributed by atoms with Crippen LogP contribution in [0.2, 0.25) is 5.02 Å². The van der Waals surface area contributed by atoms with Crippen LogP contribution in [-0.2, 0) is 0 Å². The molecule has 1 unspecified atom stereocenters. The average Bonchev–Trinajstić information content (AvgIpc) is 2.39. The van der Waals surface area contributed by atoms with E-state index < -0.39 is 0 Å².